The van der Waals surface area contributed by atoms with Crippen LogP contribution in [0.25, 0.3) is 0 Å². The Bertz CT molecular complexity index is 968. The molecular weight excluding hydrogens is 382 g/mol. The van der Waals surface area contributed by atoms with Crippen LogP contribution in [0.5, 0.6) is 0 Å². The van der Waals surface area contributed by atoms with Gasteiger partial charge in [0.05, 0.1) is 17.8 Å². The van der Waals surface area contributed by atoms with Gasteiger partial charge in [-0.3, -0.25) is 5.10 Å². The van der Waals surface area contributed by atoms with E-state index in [0.717, 1.165) is 18.7 Å². The van der Waals surface area contributed by atoms with E-state index in [1.54, 1.807) is 6.20 Å². The van der Waals surface area contributed by atoms with Gasteiger partial charge in [-0.15, -0.1) is 6.42 Å². The molecule has 2 aliphatic rings. The molecule has 3 N–H and O–H groups in total. The molecule has 9 heteroatoms. The van der Waals surface area contributed by atoms with Gasteiger partial charge in [0, 0.05) is 30.8 Å². The highest BCUT2D eigenvalue weighted by Gasteiger charge is 2.28. The number of rotatable bonds is 5. The van der Waals surface area contributed by atoms with Crippen molar-refractivity contribution < 1.29 is 9.53 Å². The van der Waals surface area contributed by atoms with Gasteiger partial charge in [-0.25, -0.2) is 9.78 Å². The molecule has 9 nitrogen and oxygen atoms in total. The van der Waals surface area contributed by atoms with Crippen LogP contribution in [0, 0.1) is 12.3 Å². The second-order valence-electron chi connectivity index (χ2n) is 8.76. The molecule has 2 aromatic heterocycles. The minimum absolute atomic E-state index is 0.0281. The fourth-order valence-corrected chi connectivity index (χ4v) is 3.39. The summed E-state index contributed by atoms with van der Waals surface area (Å²) in [6.45, 7) is 6.85. The minimum Gasteiger partial charge on any atom is -0.444 e. The average molecular weight is 409 g/mol. The van der Waals surface area contributed by atoms with Crippen LogP contribution in [0.2, 0.25) is 0 Å². The van der Waals surface area contributed by atoms with Gasteiger partial charge in [0.2, 0.25) is 5.95 Å². The van der Waals surface area contributed by atoms with Crippen molar-refractivity contribution in [3.63, 3.8) is 0 Å². The molecule has 0 spiro atoms. The second kappa shape index (κ2) is 7.86. The Hall–Kier alpha value is -3.28. The third-order valence-corrected chi connectivity index (χ3v) is 4.98. The number of H-pyrrole nitrogens is 1. The third-order valence-electron chi connectivity index (χ3n) is 4.98. The van der Waals surface area contributed by atoms with E-state index in [0.29, 0.717) is 35.6 Å². The fraction of sp³-hybridized carbons (Fsp3) is 0.524. The number of terminal acetylenes is 1. The molecule has 0 bridgehead atoms. The summed E-state index contributed by atoms with van der Waals surface area (Å²) in [4.78, 5) is 23.1. The molecule has 30 heavy (non-hydrogen) atoms. The first kappa shape index (κ1) is 20.0. The summed E-state index contributed by atoms with van der Waals surface area (Å²) in [7, 11) is 0. The van der Waals surface area contributed by atoms with E-state index in [2.05, 4.69) is 36.7 Å². The number of hydrogen-bond acceptors (Lipinski definition) is 7. The molecule has 0 radical (unpaired) electrons. The zero-order valence-electron chi connectivity index (χ0n) is 17.5. The van der Waals surface area contributed by atoms with E-state index in [4.69, 9.17) is 11.2 Å². The zero-order valence-corrected chi connectivity index (χ0v) is 17.5. The number of nitrogens with one attached hydrogen (secondary N) is 3. The normalized spacial score (nSPS) is 18.7. The van der Waals surface area contributed by atoms with Gasteiger partial charge in [0.25, 0.3) is 0 Å². The highest BCUT2D eigenvalue weighted by atomic mass is 16.6. The van der Waals surface area contributed by atoms with Crippen LogP contribution in [0.1, 0.15) is 57.2 Å². The highest BCUT2D eigenvalue weighted by Crippen LogP contribution is 2.39. The first-order chi connectivity index (χ1) is 14.3. The fourth-order valence-electron chi connectivity index (χ4n) is 3.39. The predicted molar refractivity (Wildman–Crippen MR) is 114 cm³/mol. The summed E-state index contributed by atoms with van der Waals surface area (Å²) < 4.78 is 5.34. The monoisotopic (exact) mass is 409 g/mol. The van der Waals surface area contributed by atoms with E-state index in [9.17, 15) is 4.79 Å². The Morgan fingerprint density at radius 3 is 2.87 bits per heavy atom. The lowest BCUT2D eigenvalue weighted by Crippen LogP contribution is -2.40. The number of anilines is 3. The first-order valence-corrected chi connectivity index (χ1v) is 10.2. The molecular formula is C21H27N7O2. The maximum atomic E-state index is 12.0. The lowest BCUT2D eigenvalue weighted by molar-refractivity contribution is 0.0509. The van der Waals surface area contributed by atoms with Gasteiger partial charge in [-0.1, -0.05) is 5.92 Å². The van der Waals surface area contributed by atoms with Crippen LogP contribution < -0.4 is 15.5 Å². The van der Waals surface area contributed by atoms with Crippen molar-refractivity contribution in [2.45, 2.75) is 57.6 Å². The van der Waals surface area contributed by atoms with Crippen LogP contribution in [0.4, 0.5) is 22.4 Å². The number of nitrogens with zero attached hydrogens (tertiary/aromatic N) is 4. The van der Waals surface area contributed by atoms with E-state index in [-0.39, 0.29) is 6.04 Å². The number of aromatic nitrogens is 4. The molecule has 1 aliphatic heterocycles. The maximum absolute atomic E-state index is 12.0. The Kier molecular flexibility index (Phi) is 5.24. The summed E-state index contributed by atoms with van der Waals surface area (Å²) in [6.07, 6.45) is 10.0. The average Bonchev–Trinajstić information content (AvgIpc) is 3.24. The molecule has 1 aliphatic carbocycles. The highest BCUT2D eigenvalue weighted by molar-refractivity contribution is 5.68. The first-order valence-electron chi connectivity index (χ1n) is 10.2. The maximum Gasteiger partial charge on any atom is 0.407 e. The topological polar surface area (TPSA) is 108 Å². The summed E-state index contributed by atoms with van der Waals surface area (Å²) >= 11 is 0. The number of alkyl carbamates (subject to hydrolysis) is 1. The summed E-state index contributed by atoms with van der Waals surface area (Å²) in [6, 6.07) is 1.97. The molecule has 2 aromatic rings. The minimum atomic E-state index is -0.525. The summed E-state index contributed by atoms with van der Waals surface area (Å²) in [5.41, 5.74) is 1.17. The lowest BCUT2D eigenvalue weighted by atomic mass is 10.2. The van der Waals surface area contributed by atoms with Crippen LogP contribution in [0.15, 0.2) is 12.3 Å². The van der Waals surface area contributed by atoms with Gasteiger partial charge in [0.15, 0.2) is 11.6 Å². The number of aromatic amines is 1. The quantitative estimate of drug-likeness (QED) is 0.652. The Morgan fingerprint density at radius 2 is 2.17 bits per heavy atom. The van der Waals surface area contributed by atoms with Gasteiger partial charge >= 0.3 is 6.09 Å². The van der Waals surface area contributed by atoms with Crippen LogP contribution in [0.3, 0.4) is 0 Å². The van der Waals surface area contributed by atoms with E-state index < -0.39 is 11.7 Å². The largest absolute Gasteiger partial charge is 0.444 e. The van der Waals surface area contributed by atoms with Gasteiger partial charge < -0.3 is 20.3 Å². The zero-order chi connectivity index (χ0) is 21.3. The number of ether oxygens (including phenoxy) is 1. The van der Waals surface area contributed by atoms with Crippen LogP contribution in [-0.4, -0.2) is 51.0 Å². The van der Waals surface area contributed by atoms with Gasteiger partial charge in [0.1, 0.15) is 5.60 Å². The van der Waals surface area contributed by atoms with Crippen molar-refractivity contribution in [3.8, 4) is 12.3 Å². The SMILES string of the molecule is C#Cc1cnc(N2CCC(NC(=O)OC(C)(C)C)C2)nc1Nc1cc(C2CC2)[nH]n1. The number of hydrogen-bond donors (Lipinski definition) is 3. The Labute approximate surface area is 176 Å². The van der Waals surface area contributed by atoms with Gasteiger partial charge in [-0.05, 0) is 40.0 Å². The second-order valence-corrected chi connectivity index (χ2v) is 8.76. The van der Waals surface area contributed by atoms with E-state index in [1.807, 2.05) is 31.7 Å². The van der Waals surface area contributed by atoms with E-state index in [1.165, 1.54) is 12.8 Å². The van der Waals surface area contributed by atoms with Crippen molar-refractivity contribution >= 4 is 23.7 Å². The van der Waals surface area contributed by atoms with Crippen molar-refractivity contribution in [2.24, 2.45) is 0 Å². The summed E-state index contributed by atoms with van der Waals surface area (Å²) in [5, 5.41) is 13.5. The van der Waals surface area contributed by atoms with Crippen molar-refractivity contribution in [1.82, 2.24) is 25.5 Å². The van der Waals surface area contributed by atoms with E-state index >= 15 is 0 Å². The molecule has 1 atom stereocenters. The standard InChI is InChI=1S/C21H27N7O2/c1-5-13-11-22-19(25-18(13)24-17-10-16(26-27-17)14-6-7-14)28-9-8-15(12-28)23-20(29)30-21(2,3)4/h1,10-11,14-15H,6-9,12H2,2-4H3,(H,23,29)(H2,22,24,25,26,27). The molecule has 1 amide bonds. The molecule has 0 aromatic carbocycles. The molecule has 1 saturated carbocycles. The van der Waals surface area contributed by atoms with Gasteiger partial charge in [-0.2, -0.15) is 10.1 Å². The number of amides is 1. The van der Waals surface area contributed by atoms with Crippen molar-refractivity contribution in [2.75, 3.05) is 23.3 Å². The predicted octanol–water partition coefficient (Wildman–Crippen LogP) is 2.91. The number of carbonyl (C=O) groups excluding carboxylic acids is 1. The third kappa shape index (κ3) is 4.82. The number of carbonyl (C=O) groups is 1. The Morgan fingerprint density at radius 1 is 1.37 bits per heavy atom. The molecule has 1 unspecified atom stereocenters. The molecule has 158 valence electrons. The molecule has 2 fully saturated rings. The Balaban J connectivity index is 1.42. The molecule has 1 saturated heterocycles. The van der Waals surface area contributed by atoms with Crippen molar-refractivity contribution in [1.29, 1.82) is 0 Å². The smallest absolute Gasteiger partial charge is 0.407 e. The molecule has 4 rings (SSSR count). The van der Waals surface area contributed by atoms with Crippen LogP contribution in [-0.2, 0) is 4.74 Å². The summed E-state index contributed by atoms with van der Waals surface area (Å²) in [5.74, 6) is 4.98. The lowest BCUT2D eigenvalue weighted by Gasteiger charge is -2.22. The molecule has 3 heterocycles. The van der Waals surface area contributed by atoms with Crippen LogP contribution >= 0.6 is 0 Å². The van der Waals surface area contributed by atoms with Crippen molar-refractivity contribution in [3.05, 3.63) is 23.5 Å².